The van der Waals surface area contributed by atoms with E-state index in [2.05, 4.69) is 10.3 Å². The molecule has 2 heterocycles. The van der Waals surface area contributed by atoms with Crippen LogP contribution in [0.4, 0.5) is 5.82 Å². The zero-order valence-corrected chi connectivity index (χ0v) is 18.3. The number of nitrogens with one attached hydrogen (secondary N) is 1. The molecule has 0 radical (unpaired) electrons. The van der Waals surface area contributed by atoms with Crippen molar-refractivity contribution < 1.29 is 14.3 Å². The van der Waals surface area contributed by atoms with E-state index in [4.69, 9.17) is 16.3 Å². The number of fused-ring (bicyclic) bond motifs is 1. The van der Waals surface area contributed by atoms with Gasteiger partial charge in [-0.05, 0) is 42.7 Å². The fraction of sp³-hybridized carbons (Fsp3) is 0.240. The number of nitrogens with zero attached hydrogens (tertiary/aromatic N) is 2. The molecular weight excluding hydrogens is 426 g/mol. The molecule has 0 fully saturated rings. The third kappa shape index (κ3) is 5.26. The molecular formula is C25H24ClN3O3. The van der Waals surface area contributed by atoms with Gasteiger partial charge < -0.3 is 10.1 Å². The molecule has 1 N–H and O–H groups in total. The predicted octanol–water partition coefficient (Wildman–Crippen LogP) is 4.34. The lowest BCUT2D eigenvalue weighted by Crippen LogP contribution is -2.42. The number of ether oxygens (including phenoxy) is 1. The van der Waals surface area contributed by atoms with Crippen molar-refractivity contribution in [3.8, 4) is 5.75 Å². The van der Waals surface area contributed by atoms with Crippen LogP contribution < -0.4 is 15.0 Å². The van der Waals surface area contributed by atoms with E-state index in [0.29, 0.717) is 42.5 Å². The van der Waals surface area contributed by atoms with Crippen LogP contribution in [-0.4, -0.2) is 29.9 Å². The highest BCUT2D eigenvalue weighted by Crippen LogP contribution is 2.37. The van der Waals surface area contributed by atoms with Crippen LogP contribution in [0.1, 0.15) is 30.1 Å². The van der Waals surface area contributed by atoms with Gasteiger partial charge in [0.25, 0.3) is 5.91 Å². The Bertz CT molecular complexity index is 1070. The van der Waals surface area contributed by atoms with Gasteiger partial charge in [0.1, 0.15) is 0 Å². The number of hydrogen-bond donors (Lipinski definition) is 1. The van der Waals surface area contributed by atoms with Crippen molar-refractivity contribution in [2.45, 2.75) is 25.4 Å². The van der Waals surface area contributed by atoms with Crippen LogP contribution in [0.2, 0.25) is 5.02 Å². The molecule has 3 aromatic rings. The van der Waals surface area contributed by atoms with Gasteiger partial charge in [0.05, 0.1) is 0 Å². The van der Waals surface area contributed by atoms with E-state index in [1.54, 1.807) is 23.2 Å². The predicted molar refractivity (Wildman–Crippen MR) is 124 cm³/mol. The Morgan fingerprint density at radius 2 is 1.84 bits per heavy atom. The molecule has 0 unspecified atom stereocenters. The average molecular weight is 450 g/mol. The Morgan fingerprint density at radius 3 is 2.62 bits per heavy atom. The molecule has 4 rings (SSSR count). The maximum atomic E-state index is 13.2. The highest BCUT2D eigenvalue weighted by molar-refractivity contribution is 6.30. The van der Waals surface area contributed by atoms with Gasteiger partial charge >= 0.3 is 0 Å². The number of rotatable bonds is 8. The summed E-state index contributed by atoms with van der Waals surface area (Å²) in [5, 5.41) is 3.63. The molecule has 6 nitrogen and oxygen atoms in total. The molecule has 2 aromatic carbocycles. The second kappa shape index (κ2) is 10.3. The molecule has 0 saturated carbocycles. The van der Waals surface area contributed by atoms with Crippen LogP contribution in [0.5, 0.6) is 5.75 Å². The third-order valence-corrected chi connectivity index (χ3v) is 5.53. The van der Waals surface area contributed by atoms with Crippen LogP contribution in [0.3, 0.4) is 0 Å². The Labute approximate surface area is 192 Å². The van der Waals surface area contributed by atoms with E-state index >= 15 is 0 Å². The van der Waals surface area contributed by atoms with Crippen LogP contribution in [-0.2, 0) is 16.0 Å². The molecule has 1 aliphatic heterocycles. The van der Waals surface area contributed by atoms with Gasteiger partial charge in [0.15, 0.2) is 11.6 Å². The van der Waals surface area contributed by atoms with Gasteiger partial charge in [0.2, 0.25) is 12.0 Å². The summed E-state index contributed by atoms with van der Waals surface area (Å²) in [4.78, 5) is 31.4. The Balaban J connectivity index is 1.32. The van der Waals surface area contributed by atoms with Crippen LogP contribution >= 0.6 is 11.6 Å². The monoisotopic (exact) mass is 449 g/mol. The Hall–Kier alpha value is -3.38. The van der Waals surface area contributed by atoms with Crippen LogP contribution in [0.25, 0.3) is 0 Å². The first-order valence-electron chi connectivity index (χ1n) is 10.6. The van der Waals surface area contributed by atoms with Crippen molar-refractivity contribution in [1.82, 2.24) is 10.3 Å². The zero-order chi connectivity index (χ0) is 22.3. The van der Waals surface area contributed by atoms with E-state index in [9.17, 15) is 9.59 Å². The lowest BCUT2D eigenvalue weighted by atomic mass is 10.1. The number of aromatic nitrogens is 1. The minimum atomic E-state index is -0.721. The first-order valence-corrected chi connectivity index (χ1v) is 11.0. The van der Waals surface area contributed by atoms with Gasteiger partial charge in [-0.2, -0.15) is 0 Å². The Morgan fingerprint density at radius 1 is 1.06 bits per heavy atom. The van der Waals surface area contributed by atoms with Crippen molar-refractivity contribution in [2.75, 3.05) is 18.0 Å². The molecule has 1 aliphatic rings. The van der Waals surface area contributed by atoms with E-state index in [0.717, 1.165) is 17.5 Å². The molecule has 164 valence electrons. The maximum absolute atomic E-state index is 13.2. The third-order valence-electron chi connectivity index (χ3n) is 5.28. The number of hydrogen-bond acceptors (Lipinski definition) is 4. The summed E-state index contributed by atoms with van der Waals surface area (Å²) in [5.74, 6) is 0.840. The largest absolute Gasteiger partial charge is 0.472 e. The number of pyridine rings is 1. The molecule has 0 saturated heterocycles. The van der Waals surface area contributed by atoms with Crippen LogP contribution in [0, 0.1) is 0 Å². The topological polar surface area (TPSA) is 71.5 Å². The van der Waals surface area contributed by atoms with Gasteiger partial charge in [-0.25, -0.2) is 4.98 Å². The molecule has 32 heavy (non-hydrogen) atoms. The van der Waals surface area contributed by atoms with Gasteiger partial charge in [0, 0.05) is 36.3 Å². The Kier molecular flexibility index (Phi) is 7.02. The molecule has 0 bridgehead atoms. The number of carbonyl (C=O) groups is 2. The fourth-order valence-corrected chi connectivity index (χ4v) is 3.76. The standard InChI is InChI=1S/C25H24ClN3O3/c26-20-12-10-18(11-13-20)14-16-27-22(30)9-5-17-29-24-21(8-4-15-28-24)32-23(25(29)31)19-6-2-1-3-7-19/h1-4,6-8,10-13,15,23H,5,9,14,16-17H2,(H,27,30)/t23-/m0/s1. The van der Waals surface area contributed by atoms with Gasteiger partial charge in [-0.1, -0.05) is 54.1 Å². The van der Waals surface area contributed by atoms with Gasteiger partial charge in [-0.3, -0.25) is 14.5 Å². The fourth-order valence-electron chi connectivity index (χ4n) is 3.64. The first-order chi connectivity index (χ1) is 15.6. The highest BCUT2D eigenvalue weighted by Gasteiger charge is 2.36. The van der Waals surface area contributed by atoms with Crippen molar-refractivity contribution in [2.24, 2.45) is 0 Å². The molecule has 7 heteroatoms. The second-order valence-corrected chi connectivity index (χ2v) is 7.99. The number of carbonyl (C=O) groups excluding carboxylic acids is 2. The molecule has 0 aliphatic carbocycles. The summed E-state index contributed by atoms with van der Waals surface area (Å²) in [6.07, 6.45) is 2.50. The maximum Gasteiger partial charge on any atom is 0.274 e. The number of anilines is 1. The van der Waals surface area contributed by atoms with E-state index in [1.165, 1.54) is 0 Å². The summed E-state index contributed by atoms with van der Waals surface area (Å²) in [6, 6.07) is 20.6. The summed E-state index contributed by atoms with van der Waals surface area (Å²) in [6.45, 7) is 0.942. The SMILES string of the molecule is O=C(CCCN1C(=O)[C@H](c2ccccc2)Oc2cccnc21)NCCc1ccc(Cl)cc1. The van der Waals surface area contributed by atoms with Gasteiger partial charge in [-0.15, -0.1) is 0 Å². The summed E-state index contributed by atoms with van der Waals surface area (Å²) >= 11 is 5.89. The first kappa shape index (κ1) is 21.8. The number of amides is 2. The highest BCUT2D eigenvalue weighted by atomic mass is 35.5. The normalized spacial score (nSPS) is 15.1. The zero-order valence-electron chi connectivity index (χ0n) is 17.5. The number of benzene rings is 2. The van der Waals surface area contributed by atoms with Crippen LogP contribution in [0.15, 0.2) is 72.9 Å². The van der Waals surface area contributed by atoms with E-state index in [-0.39, 0.29) is 11.8 Å². The smallest absolute Gasteiger partial charge is 0.274 e. The second-order valence-electron chi connectivity index (χ2n) is 7.55. The summed E-state index contributed by atoms with van der Waals surface area (Å²) in [5.41, 5.74) is 1.90. The summed E-state index contributed by atoms with van der Waals surface area (Å²) < 4.78 is 5.95. The molecule has 1 aromatic heterocycles. The van der Waals surface area contributed by atoms with Crippen molar-refractivity contribution in [1.29, 1.82) is 0 Å². The quantitative estimate of drug-likeness (QED) is 0.555. The lowest BCUT2D eigenvalue weighted by molar-refractivity contribution is -0.127. The molecule has 0 spiro atoms. The minimum absolute atomic E-state index is 0.0412. The van der Waals surface area contributed by atoms with Crippen molar-refractivity contribution >= 4 is 29.2 Å². The number of halogens is 1. The molecule has 1 atom stereocenters. The van der Waals surface area contributed by atoms with Crippen molar-refractivity contribution in [3.63, 3.8) is 0 Å². The summed E-state index contributed by atoms with van der Waals surface area (Å²) in [7, 11) is 0. The average Bonchev–Trinajstić information content (AvgIpc) is 2.82. The minimum Gasteiger partial charge on any atom is -0.472 e. The lowest BCUT2D eigenvalue weighted by Gasteiger charge is -2.33. The van der Waals surface area contributed by atoms with Crippen molar-refractivity contribution in [3.05, 3.63) is 89.1 Å². The molecule has 2 amide bonds. The van der Waals surface area contributed by atoms with E-state index < -0.39 is 6.10 Å². The van der Waals surface area contributed by atoms with E-state index in [1.807, 2.05) is 54.6 Å².